The summed E-state index contributed by atoms with van der Waals surface area (Å²) in [7, 11) is 1.60. The van der Waals surface area contributed by atoms with Crippen LogP contribution in [0.5, 0.6) is 11.5 Å². The van der Waals surface area contributed by atoms with E-state index in [4.69, 9.17) is 13.9 Å². The first-order valence-electron chi connectivity index (χ1n) is 9.76. The van der Waals surface area contributed by atoms with Crippen molar-refractivity contribution in [3.8, 4) is 23.0 Å². The van der Waals surface area contributed by atoms with Crippen LogP contribution in [0.3, 0.4) is 0 Å². The monoisotopic (exact) mass is 411 g/mol. The molecule has 3 aromatic rings. The van der Waals surface area contributed by atoms with Gasteiger partial charge in [0.05, 0.1) is 7.11 Å². The summed E-state index contributed by atoms with van der Waals surface area (Å²) >= 11 is 0. The molecule has 4 rings (SSSR count). The van der Waals surface area contributed by atoms with E-state index < -0.39 is 0 Å². The SMILES string of the molecule is COc1ccc(OCC(=O)N2CCC(c3nnc(-c4ccc(F)cc4)o3)CC2)cc1. The molecule has 30 heavy (non-hydrogen) atoms. The van der Waals surface area contributed by atoms with Crippen LogP contribution in [0.4, 0.5) is 4.39 Å². The summed E-state index contributed by atoms with van der Waals surface area (Å²) in [5.41, 5.74) is 0.679. The summed E-state index contributed by atoms with van der Waals surface area (Å²) in [4.78, 5) is 14.2. The zero-order chi connectivity index (χ0) is 20.9. The van der Waals surface area contributed by atoms with Crippen molar-refractivity contribution in [2.75, 3.05) is 26.8 Å². The maximum atomic E-state index is 13.1. The van der Waals surface area contributed by atoms with Crippen LogP contribution in [0.15, 0.2) is 52.9 Å². The van der Waals surface area contributed by atoms with Crippen molar-refractivity contribution in [3.05, 3.63) is 60.2 Å². The third-order valence-electron chi connectivity index (χ3n) is 5.15. The minimum atomic E-state index is -0.313. The Hall–Kier alpha value is -3.42. The summed E-state index contributed by atoms with van der Waals surface area (Å²) in [5, 5.41) is 8.22. The lowest BCUT2D eigenvalue weighted by molar-refractivity contribution is -0.134. The van der Waals surface area contributed by atoms with E-state index in [1.165, 1.54) is 12.1 Å². The predicted molar refractivity (Wildman–Crippen MR) is 107 cm³/mol. The second-order valence-electron chi connectivity index (χ2n) is 7.07. The Bertz CT molecular complexity index is 980. The first-order chi connectivity index (χ1) is 14.6. The van der Waals surface area contributed by atoms with Gasteiger partial charge < -0.3 is 18.8 Å². The smallest absolute Gasteiger partial charge is 0.260 e. The van der Waals surface area contributed by atoms with Crippen LogP contribution in [0.1, 0.15) is 24.7 Å². The summed E-state index contributed by atoms with van der Waals surface area (Å²) < 4.78 is 29.5. The van der Waals surface area contributed by atoms with Crippen LogP contribution in [-0.2, 0) is 4.79 Å². The van der Waals surface area contributed by atoms with Crippen molar-refractivity contribution in [2.45, 2.75) is 18.8 Å². The third-order valence-corrected chi connectivity index (χ3v) is 5.15. The molecule has 0 N–H and O–H groups in total. The quantitative estimate of drug-likeness (QED) is 0.616. The molecule has 1 aromatic heterocycles. The van der Waals surface area contributed by atoms with Gasteiger partial charge in [-0.1, -0.05) is 0 Å². The standard InChI is InChI=1S/C22H22FN3O4/c1-28-18-6-8-19(9-7-18)29-14-20(27)26-12-10-16(11-13-26)22-25-24-21(30-22)15-2-4-17(23)5-3-15/h2-9,16H,10-14H2,1H3. The first-order valence-corrected chi connectivity index (χ1v) is 9.76. The molecule has 0 aliphatic carbocycles. The molecule has 0 unspecified atom stereocenters. The number of hydrogen-bond acceptors (Lipinski definition) is 6. The van der Waals surface area contributed by atoms with E-state index in [0.717, 1.165) is 18.6 Å². The van der Waals surface area contributed by atoms with Crippen LogP contribution in [0.2, 0.25) is 0 Å². The Labute approximate surface area is 173 Å². The molecule has 0 saturated carbocycles. The van der Waals surface area contributed by atoms with E-state index in [-0.39, 0.29) is 24.2 Å². The van der Waals surface area contributed by atoms with Crippen molar-refractivity contribution in [2.24, 2.45) is 0 Å². The minimum Gasteiger partial charge on any atom is -0.497 e. The number of amides is 1. The van der Waals surface area contributed by atoms with Crippen molar-refractivity contribution in [1.29, 1.82) is 0 Å². The molecule has 1 aliphatic heterocycles. The lowest BCUT2D eigenvalue weighted by Gasteiger charge is -2.30. The van der Waals surface area contributed by atoms with Gasteiger partial charge in [-0.3, -0.25) is 4.79 Å². The average molecular weight is 411 g/mol. The molecule has 1 amide bonds. The highest BCUT2D eigenvalue weighted by Crippen LogP contribution is 2.29. The summed E-state index contributed by atoms with van der Waals surface area (Å²) in [6, 6.07) is 13.0. The van der Waals surface area contributed by atoms with Gasteiger partial charge >= 0.3 is 0 Å². The van der Waals surface area contributed by atoms with Gasteiger partial charge in [0.15, 0.2) is 6.61 Å². The van der Waals surface area contributed by atoms with Gasteiger partial charge in [-0.25, -0.2) is 4.39 Å². The van der Waals surface area contributed by atoms with Crippen molar-refractivity contribution in [3.63, 3.8) is 0 Å². The zero-order valence-corrected chi connectivity index (χ0v) is 16.6. The third kappa shape index (κ3) is 4.59. The molecule has 1 fully saturated rings. The number of rotatable bonds is 6. The number of nitrogens with zero attached hydrogens (tertiary/aromatic N) is 3. The van der Waals surface area contributed by atoms with Crippen molar-refractivity contribution >= 4 is 5.91 Å². The fraction of sp³-hybridized carbons (Fsp3) is 0.318. The molecule has 2 heterocycles. The largest absolute Gasteiger partial charge is 0.497 e. The molecule has 8 heteroatoms. The van der Waals surface area contributed by atoms with E-state index in [2.05, 4.69) is 10.2 Å². The molecule has 0 spiro atoms. The molecular weight excluding hydrogens is 389 g/mol. The normalized spacial score (nSPS) is 14.5. The zero-order valence-electron chi connectivity index (χ0n) is 16.6. The average Bonchev–Trinajstić information content (AvgIpc) is 3.29. The second kappa shape index (κ2) is 8.94. The summed E-state index contributed by atoms with van der Waals surface area (Å²) in [6.45, 7) is 1.19. The van der Waals surface area contributed by atoms with E-state index in [1.54, 1.807) is 48.4 Å². The Morgan fingerprint density at radius 2 is 1.73 bits per heavy atom. The molecule has 1 aliphatic rings. The number of halogens is 1. The van der Waals surface area contributed by atoms with Gasteiger partial charge in [0.25, 0.3) is 5.91 Å². The molecule has 0 bridgehead atoms. The number of carbonyl (C=O) groups excluding carboxylic acids is 1. The van der Waals surface area contributed by atoms with E-state index in [0.29, 0.717) is 36.2 Å². The van der Waals surface area contributed by atoms with Crippen LogP contribution >= 0.6 is 0 Å². The van der Waals surface area contributed by atoms with E-state index >= 15 is 0 Å². The fourth-order valence-electron chi connectivity index (χ4n) is 3.39. The van der Waals surface area contributed by atoms with Gasteiger partial charge in [-0.15, -0.1) is 10.2 Å². The maximum Gasteiger partial charge on any atom is 0.260 e. The number of ether oxygens (including phenoxy) is 2. The molecule has 156 valence electrons. The van der Waals surface area contributed by atoms with Gasteiger partial charge in [-0.2, -0.15) is 0 Å². The number of likely N-dealkylation sites (tertiary alicyclic amines) is 1. The molecule has 0 radical (unpaired) electrons. The molecule has 2 aromatic carbocycles. The highest BCUT2D eigenvalue weighted by Gasteiger charge is 2.27. The Morgan fingerprint density at radius 3 is 2.40 bits per heavy atom. The summed E-state index contributed by atoms with van der Waals surface area (Å²) in [6.07, 6.45) is 1.47. The highest BCUT2D eigenvalue weighted by atomic mass is 19.1. The van der Waals surface area contributed by atoms with Crippen LogP contribution in [-0.4, -0.2) is 47.8 Å². The van der Waals surface area contributed by atoms with Gasteiger partial charge in [0.2, 0.25) is 11.8 Å². The lowest BCUT2D eigenvalue weighted by Crippen LogP contribution is -2.40. The highest BCUT2D eigenvalue weighted by molar-refractivity contribution is 5.77. The topological polar surface area (TPSA) is 77.7 Å². The number of carbonyl (C=O) groups is 1. The minimum absolute atomic E-state index is 0.00767. The van der Waals surface area contributed by atoms with Gasteiger partial charge in [0, 0.05) is 24.6 Å². The number of hydrogen-bond donors (Lipinski definition) is 0. The Morgan fingerprint density at radius 1 is 1.07 bits per heavy atom. The Balaban J connectivity index is 1.28. The number of methoxy groups -OCH3 is 1. The molecular formula is C22H22FN3O4. The number of benzene rings is 2. The number of piperidine rings is 1. The van der Waals surface area contributed by atoms with Crippen LogP contribution in [0.25, 0.3) is 11.5 Å². The van der Waals surface area contributed by atoms with Gasteiger partial charge in [0.1, 0.15) is 17.3 Å². The molecule has 7 nitrogen and oxygen atoms in total. The van der Waals surface area contributed by atoms with Crippen LogP contribution in [0, 0.1) is 5.82 Å². The molecule has 1 saturated heterocycles. The van der Waals surface area contributed by atoms with Crippen LogP contribution < -0.4 is 9.47 Å². The van der Waals surface area contributed by atoms with Gasteiger partial charge in [-0.05, 0) is 61.4 Å². The Kier molecular flexibility index (Phi) is 5.92. The van der Waals surface area contributed by atoms with E-state index in [1.807, 2.05) is 0 Å². The van der Waals surface area contributed by atoms with Crippen molar-refractivity contribution < 1.29 is 23.1 Å². The van der Waals surface area contributed by atoms with Crippen molar-refractivity contribution in [1.82, 2.24) is 15.1 Å². The second-order valence-corrected chi connectivity index (χ2v) is 7.07. The summed E-state index contributed by atoms with van der Waals surface area (Å²) in [5.74, 6) is 2.01. The lowest BCUT2D eigenvalue weighted by atomic mass is 9.97. The maximum absolute atomic E-state index is 13.1. The first kappa shape index (κ1) is 19.9. The van der Waals surface area contributed by atoms with E-state index in [9.17, 15) is 9.18 Å². The molecule has 0 atom stereocenters. The number of aromatic nitrogens is 2. The predicted octanol–water partition coefficient (Wildman–Crippen LogP) is 3.67. The fourth-order valence-corrected chi connectivity index (χ4v) is 3.39.